The summed E-state index contributed by atoms with van der Waals surface area (Å²) < 4.78 is 33.0. The molecule has 0 saturated carbocycles. The molecule has 5 N–H and O–H groups in total. The van der Waals surface area contributed by atoms with E-state index in [0.29, 0.717) is 36.4 Å². The Balaban J connectivity index is 1.04. The minimum Gasteiger partial charge on any atom is -0.502 e. The van der Waals surface area contributed by atoms with Gasteiger partial charge in [0.2, 0.25) is 18.4 Å². The van der Waals surface area contributed by atoms with Gasteiger partial charge in [-0.15, -0.1) is 0 Å². The monoisotopic (exact) mass is 748 g/mol. The Bertz CT molecular complexity index is 1820. The summed E-state index contributed by atoms with van der Waals surface area (Å²) in [5.41, 5.74) is 2.97. The molecule has 0 aromatic heterocycles. The zero-order valence-electron chi connectivity index (χ0n) is 30.0. The lowest BCUT2D eigenvalue weighted by Crippen LogP contribution is -2.45. The fourth-order valence-corrected chi connectivity index (χ4v) is 7.20. The Kier molecular flexibility index (Phi) is 12.1. The Hall–Kier alpha value is -5.90. The van der Waals surface area contributed by atoms with Gasteiger partial charge in [-0.05, 0) is 65.9 Å². The first kappa shape index (κ1) is 37.8. The Labute approximate surface area is 311 Å². The molecule has 54 heavy (non-hydrogen) atoms. The molecule has 3 aromatic rings. The Morgan fingerprint density at radius 1 is 0.907 bits per heavy atom. The molecule has 4 atom stereocenters. The molecule has 4 unspecified atom stereocenters. The number of esters is 1. The zero-order valence-corrected chi connectivity index (χ0v) is 30.0. The van der Waals surface area contributed by atoms with E-state index < -0.39 is 42.0 Å². The van der Waals surface area contributed by atoms with E-state index in [1.807, 2.05) is 42.5 Å². The third kappa shape index (κ3) is 8.49. The average molecular weight is 749 g/mol. The number of alkyl carbamates (subject to hydrolysis) is 1. The molecule has 2 heterocycles. The number of rotatable bonds is 16. The van der Waals surface area contributed by atoms with Gasteiger partial charge < -0.3 is 59.5 Å². The van der Waals surface area contributed by atoms with Gasteiger partial charge in [-0.3, -0.25) is 9.59 Å². The molecule has 0 bridgehead atoms. The van der Waals surface area contributed by atoms with Crippen molar-refractivity contribution in [2.24, 2.45) is 11.8 Å². The van der Waals surface area contributed by atoms with Gasteiger partial charge in [-0.1, -0.05) is 30.3 Å². The molecule has 1 fully saturated rings. The molecule has 16 nitrogen and oxygen atoms in total. The predicted molar refractivity (Wildman–Crippen MR) is 191 cm³/mol. The number of carbonyl (C=O) groups excluding carboxylic acids is 3. The quantitative estimate of drug-likeness (QED) is 0.105. The van der Waals surface area contributed by atoms with Crippen molar-refractivity contribution in [2.45, 2.75) is 31.4 Å². The van der Waals surface area contributed by atoms with Crippen LogP contribution < -0.4 is 34.9 Å². The lowest BCUT2D eigenvalue weighted by Gasteiger charge is -2.39. The number of carbonyl (C=O) groups is 4. The maximum absolute atomic E-state index is 13.4. The van der Waals surface area contributed by atoms with Crippen LogP contribution in [0.5, 0.6) is 28.7 Å². The topological polar surface area (TPSA) is 203 Å². The van der Waals surface area contributed by atoms with Gasteiger partial charge in [-0.2, -0.15) is 0 Å². The first-order valence-electron chi connectivity index (χ1n) is 17.7. The van der Waals surface area contributed by atoms with E-state index in [4.69, 9.17) is 28.4 Å². The van der Waals surface area contributed by atoms with E-state index in [2.05, 4.69) is 16.0 Å². The molecule has 2 aliphatic heterocycles. The third-order valence-corrected chi connectivity index (χ3v) is 9.79. The maximum atomic E-state index is 13.4. The third-order valence-electron chi connectivity index (χ3n) is 9.79. The Morgan fingerprint density at radius 3 is 2.24 bits per heavy atom. The van der Waals surface area contributed by atoms with Gasteiger partial charge in [0.05, 0.1) is 39.3 Å². The second kappa shape index (κ2) is 17.3. The SMILES string of the molecule is COc1cc(C2c3cc4c(cc3C(NC(=O)CNCCCN(CCCNC(=O)OCc3ccccc3)C(=O)O)C3COC(=O)C23)OCO4)cc(OC)c1O. The lowest BCUT2D eigenvalue weighted by molar-refractivity contribution is -0.141. The predicted octanol–water partition coefficient (Wildman–Crippen LogP) is 3.51. The molecule has 1 aliphatic carbocycles. The van der Waals surface area contributed by atoms with Gasteiger partial charge in [0.1, 0.15) is 6.61 Å². The Morgan fingerprint density at radius 2 is 1.57 bits per heavy atom. The molecule has 1 saturated heterocycles. The molecule has 0 spiro atoms. The highest BCUT2D eigenvalue weighted by molar-refractivity contribution is 5.82. The van der Waals surface area contributed by atoms with Crippen LogP contribution in [-0.4, -0.2) is 99.5 Å². The lowest BCUT2D eigenvalue weighted by atomic mass is 9.65. The molecular weight excluding hydrogens is 704 g/mol. The van der Waals surface area contributed by atoms with Crippen LogP contribution in [0.3, 0.4) is 0 Å². The van der Waals surface area contributed by atoms with Gasteiger partial charge in [0, 0.05) is 31.5 Å². The van der Waals surface area contributed by atoms with Gasteiger partial charge in [0.15, 0.2) is 23.0 Å². The second-order valence-electron chi connectivity index (χ2n) is 13.1. The summed E-state index contributed by atoms with van der Waals surface area (Å²) in [6, 6.07) is 15.6. The molecule has 3 aromatic carbocycles. The zero-order chi connectivity index (χ0) is 38.2. The summed E-state index contributed by atoms with van der Waals surface area (Å²) in [7, 11) is 2.85. The summed E-state index contributed by atoms with van der Waals surface area (Å²) in [5.74, 6) is -1.22. The van der Waals surface area contributed by atoms with Crippen molar-refractivity contribution in [3.63, 3.8) is 0 Å². The number of amides is 3. The summed E-state index contributed by atoms with van der Waals surface area (Å²) in [6.45, 7) is 1.24. The van der Waals surface area contributed by atoms with Crippen LogP contribution in [0.2, 0.25) is 0 Å². The van der Waals surface area contributed by atoms with Crippen molar-refractivity contribution >= 4 is 24.1 Å². The fraction of sp³-hybridized carbons (Fsp3) is 0.421. The largest absolute Gasteiger partial charge is 0.502 e. The number of fused-ring (bicyclic) bond motifs is 3. The highest BCUT2D eigenvalue weighted by Crippen LogP contribution is 2.55. The molecule has 16 heteroatoms. The van der Waals surface area contributed by atoms with Gasteiger partial charge in [-0.25, -0.2) is 9.59 Å². The minimum atomic E-state index is -1.08. The van der Waals surface area contributed by atoms with Crippen molar-refractivity contribution in [1.82, 2.24) is 20.9 Å². The number of benzene rings is 3. The van der Waals surface area contributed by atoms with E-state index >= 15 is 0 Å². The van der Waals surface area contributed by atoms with Gasteiger partial charge in [0.25, 0.3) is 0 Å². The molecule has 6 rings (SSSR count). The number of phenolic OH excluding ortho intramolecular Hbond substituents is 1. The van der Waals surface area contributed by atoms with E-state index in [1.165, 1.54) is 19.1 Å². The molecule has 3 amide bonds. The van der Waals surface area contributed by atoms with E-state index in [0.717, 1.165) is 16.7 Å². The maximum Gasteiger partial charge on any atom is 0.407 e. The number of phenols is 1. The van der Waals surface area contributed by atoms with Crippen LogP contribution in [0.4, 0.5) is 9.59 Å². The summed E-state index contributed by atoms with van der Waals surface area (Å²) in [6.07, 6.45) is -0.820. The van der Waals surface area contributed by atoms with Crippen molar-refractivity contribution in [3.8, 4) is 28.7 Å². The van der Waals surface area contributed by atoms with Crippen LogP contribution in [-0.2, 0) is 25.7 Å². The van der Waals surface area contributed by atoms with Crippen LogP contribution in [0, 0.1) is 11.8 Å². The smallest absolute Gasteiger partial charge is 0.407 e. The number of cyclic esters (lactones) is 1. The van der Waals surface area contributed by atoms with E-state index in [1.54, 1.807) is 12.1 Å². The number of hydrogen-bond acceptors (Lipinski definition) is 12. The number of ether oxygens (including phenoxy) is 6. The van der Waals surface area contributed by atoms with E-state index in [-0.39, 0.29) is 69.3 Å². The normalized spacial score (nSPS) is 19.2. The molecule has 3 aliphatic rings. The van der Waals surface area contributed by atoms with Crippen LogP contribution >= 0.6 is 0 Å². The van der Waals surface area contributed by atoms with Crippen molar-refractivity contribution in [1.29, 1.82) is 0 Å². The number of carboxylic acid groups (broad SMARTS) is 1. The fourth-order valence-electron chi connectivity index (χ4n) is 7.20. The van der Waals surface area contributed by atoms with Crippen LogP contribution in [0.25, 0.3) is 0 Å². The van der Waals surface area contributed by atoms with Crippen LogP contribution in [0.1, 0.15) is 47.1 Å². The summed E-state index contributed by atoms with van der Waals surface area (Å²) >= 11 is 0. The minimum absolute atomic E-state index is 0.0274. The number of aromatic hydroxyl groups is 1. The highest BCUT2D eigenvalue weighted by atomic mass is 16.7. The summed E-state index contributed by atoms with van der Waals surface area (Å²) in [5, 5.41) is 29.1. The first-order chi connectivity index (χ1) is 26.2. The summed E-state index contributed by atoms with van der Waals surface area (Å²) in [4.78, 5) is 51.8. The number of methoxy groups -OCH3 is 2. The molecule has 288 valence electrons. The van der Waals surface area contributed by atoms with Crippen molar-refractivity contribution in [2.75, 3.05) is 60.3 Å². The number of nitrogens with one attached hydrogen (secondary N) is 3. The highest BCUT2D eigenvalue weighted by Gasteiger charge is 2.53. The second-order valence-corrected chi connectivity index (χ2v) is 13.1. The standard InChI is InChI=1S/C38H44N4O12/c1-49-29-14-23(15-30(50-2)35(29)44)32-24-16-27-28(54-21-53-27)17-25(24)34(26-20-51-36(45)33(26)32)41-31(43)18-39-10-6-12-42(38(47)48)13-7-11-40-37(46)52-19-22-8-4-3-5-9-22/h3-5,8-9,14-17,26,32-34,39,44H,6-7,10-13,18-21H2,1-2H3,(H,40,46)(H,41,43)(H,47,48). The number of hydrogen-bond donors (Lipinski definition) is 5. The van der Waals surface area contributed by atoms with Gasteiger partial charge >= 0.3 is 18.2 Å². The van der Waals surface area contributed by atoms with Crippen molar-refractivity contribution < 1.29 is 57.8 Å². The molecule has 0 radical (unpaired) electrons. The van der Waals surface area contributed by atoms with Crippen molar-refractivity contribution in [3.05, 3.63) is 76.9 Å². The first-order valence-corrected chi connectivity index (χ1v) is 17.7. The number of nitrogens with zero attached hydrogens (tertiary/aromatic N) is 1. The average Bonchev–Trinajstić information content (AvgIpc) is 3.80. The van der Waals surface area contributed by atoms with E-state index in [9.17, 15) is 29.4 Å². The molecular formula is C38H44N4O12. The van der Waals surface area contributed by atoms with Crippen LogP contribution in [0.15, 0.2) is 54.6 Å².